The third kappa shape index (κ3) is 7.95. The quantitative estimate of drug-likeness (QED) is 0.290. The van der Waals surface area contributed by atoms with Gasteiger partial charge in [0.15, 0.2) is 0 Å². The number of fused-ring (bicyclic) bond motifs is 1. The molecule has 4 nitrogen and oxygen atoms in total. The molecular formula is C31H38O4. The first-order chi connectivity index (χ1) is 16.7. The lowest BCUT2D eigenvalue weighted by Gasteiger charge is -2.25. The van der Waals surface area contributed by atoms with Crippen LogP contribution in [0.3, 0.4) is 0 Å². The molecule has 3 aromatic carbocycles. The molecule has 3 aromatic rings. The van der Waals surface area contributed by atoms with Gasteiger partial charge in [0, 0.05) is 0 Å². The van der Waals surface area contributed by atoms with Gasteiger partial charge >= 0.3 is 11.9 Å². The highest BCUT2D eigenvalue weighted by Crippen LogP contribution is 2.28. The molecule has 0 fully saturated rings. The minimum Gasteiger partial charge on any atom is -0.481 e. The zero-order valence-corrected chi connectivity index (χ0v) is 21.4. The first kappa shape index (κ1) is 26.5. The van der Waals surface area contributed by atoms with Crippen LogP contribution in [0, 0.1) is 11.8 Å². The van der Waals surface area contributed by atoms with Crippen molar-refractivity contribution in [3.63, 3.8) is 0 Å². The SMILES string of the molecule is CCCC[C@H](C[C@H](CCc1ccc(-c2ccc3ccccc3c2)cc1)C(=O)O)C(=O)OC(C)(C)C. The highest BCUT2D eigenvalue weighted by Gasteiger charge is 2.30. The summed E-state index contributed by atoms with van der Waals surface area (Å²) < 4.78 is 5.59. The molecule has 0 aliphatic rings. The van der Waals surface area contributed by atoms with Gasteiger partial charge in [-0.3, -0.25) is 9.59 Å². The molecule has 1 N–H and O–H groups in total. The Balaban J connectivity index is 1.65. The van der Waals surface area contributed by atoms with Gasteiger partial charge in [0.05, 0.1) is 11.8 Å². The van der Waals surface area contributed by atoms with E-state index in [1.165, 1.54) is 10.8 Å². The maximum absolute atomic E-state index is 12.7. The van der Waals surface area contributed by atoms with Crippen molar-refractivity contribution in [3.8, 4) is 11.1 Å². The number of esters is 1. The summed E-state index contributed by atoms with van der Waals surface area (Å²) >= 11 is 0. The maximum atomic E-state index is 12.7. The summed E-state index contributed by atoms with van der Waals surface area (Å²) in [7, 11) is 0. The van der Waals surface area contributed by atoms with Crippen molar-refractivity contribution in [2.24, 2.45) is 11.8 Å². The Morgan fingerprint density at radius 3 is 2.14 bits per heavy atom. The fourth-order valence-corrected chi connectivity index (χ4v) is 4.43. The van der Waals surface area contributed by atoms with Crippen LogP contribution in [0.15, 0.2) is 66.7 Å². The van der Waals surface area contributed by atoms with Gasteiger partial charge in [-0.15, -0.1) is 0 Å². The Hall–Kier alpha value is -3.14. The number of carboxylic acid groups (broad SMARTS) is 1. The Kier molecular flexibility index (Phi) is 9.08. The molecule has 0 saturated heterocycles. The molecule has 0 amide bonds. The van der Waals surface area contributed by atoms with Crippen LogP contribution >= 0.6 is 0 Å². The summed E-state index contributed by atoms with van der Waals surface area (Å²) in [5.74, 6) is -2.09. The molecule has 186 valence electrons. The molecule has 0 spiro atoms. The molecule has 0 bridgehead atoms. The van der Waals surface area contributed by atoms with E-state index in [2.05, 4.69) is 61.5 Å². The molecule has 0 heterocycles. The number of hydrogen-bond acceptors (Lipinski definition) is 3. The van der Waals surface area contributed by atoms with Crippen molar-refractivity contribution in [2.45, 2.75) is 71.8 Å². The van der Waals surface area contributed by atoms with Gasteiger partial charge in [-0.2, -0.15) is 0 Å². The van der Waals surface area contributed by atoms with Crippen molar-refractivity contribution in [2.75, 3.05) is 0 Å². The van der Waals surface area contributed by atoms with Gasteiger partial charge in [0.1, 0.15) is 5.60 Å². The van der Waals surface area contributed by atoms with Crippen LogP contribution in [-0.2, 0) is 20.7 Å². The van der Waals surface area contributed by atoms with Crippen LogP contribution < -0.4 is 0 Å². The van der Waals surface area contributed by atoms with E-state index in [1.807, 2.05) is 32.9 Å². The summed E-state index contributed by atoms with van der Waals surface area (Å²) in [6.45, 7) is 7.61. The molecule has 0 saturated carbocycles. The number of benzene rings is 3. The highest BCUT2D eigenvalue weighted by molar-refractivity contribution is 5.87. The second-order valence-corrected chi connectivity index (χ2v) is 10.4. The number of hydrogen-bond donors (Lipinski definition) is 1. The topological polar surface area (TPSA) is 63.6 Å². The highest BCUT2D eigenvalue weighted by atomic mass is 16.6. The zero-order valence-electron chi connectivity index (χ0n) is 21.4. The monoisotopic (exact) mass is 474 g/mol. The van der Waals surface area contributed by atoms with Crippen molar-refractivity contribution in [1.29, 1.82) is 0 Å². The van der Waals surface area contributed by atoms with E-state index < -0.39 is 17.5 Å². The number of carbonyl (C=O) groups excluding carboxylic acids is 1. The van der Waals surface area contributed by atoms with E-state index in [0.717, 1.165) is 29.5 Å². The first-order valence-corrected chi connectivity index (χ1v) is 12.7. The van der Waals surface area contributed by atoms with Crippen molar-refractivity contribution in [3.05, 3.63) is 72.3 Å². The van der Waals surface area contributed by atoms with E-state index in [-0.39, 0.29) is 11.9 Å². The Labute approximate surface area is 209 Å². The molecule has 35 heavy (non-hydrogen) atoms. The van der Waals surface area contributed by atoms with Crippen LogP contribution in [0.1, 0.15) is 65.4 Å². The third-order valence-corrected chi connectivity index (χ3v) is 6.38. The molecule has 0 radical (unpaired) electrons. The van der Waals surface area contributed by atoms with Crippen molar-refractivity contribution < 1.29 is 19.4 Å². The molecular weight excluding hydrogens is 436 g/mol. The Morgan fingerprint density at radius 2 is 1.51 bits per heavy atom. The fraction of sp³-hybridized carbons (Fsp3) is 0.419. The van der Waals surface area contributed by atoms with Gasteiger partial charge < -0.3 is 9.84 Å². The first-order valence-electron chi connectivity index (χ1n) is 12.7. The average Bonchev–Trinajstić information content (AvgIpc) is 2.82. The lowest BCUT2D eigenvalue weighted by molar-refractivity contribution is -0.161. The van der Waals surface area contributed by atoms with E-state index in [4.69, 9.17) is 4.74 Å². The van der Waals surface area contributed by atoms with Crippen LogP contribution in [0.2, 0.25) is 0 Å². The lowest BCUT2D eigenvalue weighted by atomic mass is 9.86. The summed E-state index contributed by atoms with van der Waals surface area (Å²) in [6, 6.07) is 23.1. The van der Waals surface area contributed by atoms with Gasteiger partial charge in [-0.05, 0) is 80.0 Å². The van der Waals surface area contributed by atoms with E-state index in [9.17, 15) is 14.7 Å². The number of aryl methyl sites for hydroxylation is 1. The number of ether oxygens (including phenoxy) is 1. The molecule has 0 aromatic heterocycles. The Morgan fingerprint density at radius 1 is 0.857 bits per heavy atom. The maximum Gasteiger partial charge on any atom is 0.309 e. The van der Waals surface area contributed by atoms with Crippen LogP contribution in [0.5, 0.6) is 0 Å². The minimum absolute atomic E-state index is 0.281. The van der Waals surface area contributed by atoms with Gasteiger partial charge in [0.2, 0.25) is 0 Å². The largest absolute Gasteiger partial charge is 0.481 e. The molecule has 0 aliphatic heterocycles. The Bertz CT molecular complexity index is 1120. The number of rotatable bonds is 11. The number of carboxylic acids is 1. The number of unbranched alkanes of at least 4 members (excludes halogenated alkanes) is 1. The predicted octanol–water partition coefficient (Wildman–Crippen LogP) is 7.68. The molecule has 0 aliphatic carbocycles. The smallest absolute Gasteiger partial charge is 0.309 e. The molecule has 3 rings (SSSR count). The second-order valence-electron chi connectivity index (χ2n) is 10.4. The van der Waals surface area contributed by atoms with Crippen LogP contribution in [0.25, 0.3) is 21.9 Å². The van der Waals surface area contributed by atoms with Gasteiger partial charge in [-0.25, -0.2) is 0 Å². The van der Waals surface area contributed by atoms with Crippen molar-refractivity contribution >= 4 is 22.7 Å². The van der Waals surface area contributed by atoms with Crippen LogP contribution in [-0.4, -0.2) is 22.6 Å². The molecule has 0 unspecified atom stereocenters. The average molecular weight is 475 g/mol. The second kappa shape index (κ2) is 12.0. The summed E-state index contributed by atoms with van der Waals surface area (Å²) in [5, 5.41) is 12.3. The van der Waals surface area contributed by atoms with E-state index in [1.54, 1.807) is 0 Å². The van der Waals surface area contributed by atoms with E-state index in [0.29, 0.717) is 25.7 Å². The lowest BCUT2D eigenvalue weighted by Crippen LogP contribution is -2.31. The number of carbonyl (C=O) groups is 2. The predicted molar refractivity (Wildman–Crippen MR) is 142 cm³/mol. The summed E-state index contributed by atoms with van der Waals surface area (Å²) in [5.41, 5.74) is 2.82. The summed E-state index contributed by atoms with van der Waals surface area (Å²) in [4.78, 5) is 24.8. The van der Waals surface area contributed by atoms with Crippen LogP contribution in [0.4, 0.5) is 0 Å². The number of aliphatic carboxylic acids is 1. The molecule has 4 heteroatoms. The van der Waals surface area contributed by atoms with E-state index >= 15 is 0 Å². The molecule has 2 atom stereocenters. The fourth-order valence-electron chi connectivity index (χ4n) is 4.43. The minimum atomic E-state index is -0.845. The third-order valence-electron chi connectivity index (χ3n) is 6.38. The standard InChI is InChI=1S/C31H38O4/c1-5-6-9-28(30(34)35-31(2,3)4)21-27(29(32)33)17-14-22-12-15-24(16-13-22)26-19-18-23-10-7-8-11-25(23)20-26/h7-8,10-13,15-16,18-20,27-28H,5-6,9,14,17,21H2,1-4H3,(H,32,33)/t27-,28+/m0/s1. The summed E-state index contributed by atoms with van der Waals surface area (Å²) in [6.07, 6.45) is 3.97. The van der Waals surface area contributed by atoms with Gasteiger partial charge in [0.25, 0.3) is 0 Å². The van der Waals surface area contributed by atoms with Crippen molar-refractivity contribution in [1.82, 2.24) is 0 Å². The normalized spacial score (nSPS) is 13.4. The van der Waals surface area contributed by atoms with Gasteiger partial charge in [-0.1, -0.05) is 80.4 Å². The zero-order chi connectivity index (χ0) is 25.4.